The van der Waals surface area contributed by atoms with Crippen LogP contribution < -0.4 is 0 Å². The number of ether oxygens (including phenoxy) is 2. The van der Waals surface area contributed by atoms with Gasteiger partial charge in [0.05, 0.1) is 13.2 Å². The Balaban J connectivity index is 3.28. The van der Waals surface area contributed by atoms with Gasteiger partial charge in [0.1, 0.15) is 6.61 Å². The number of hydrogen-bond donors (Lipinski definition) is 0. The molecule has 0 bridgehead atoms. The molecule has 0 aliphatic rings. The molecule has 0 spiro atoms. The zero-order valence-electron chi connectivity index (χ0n) is 11.9. The molecule has 0 aromatic carbocycles. The zero-order chi connectivity index (χ0) is 13.1. The quantitative estimate of drug-likeness (QED) is 0.459. The molecule has 0 aromatic heterocycles. The number of carbonyl (C=O) groups is 1. The third-order valence-electron chi connectivity index (χ3n) is 2.26. The fourth-order valence-corrected chi connectivity index (χ4v) is 1.36. The Morgan fingerprint density at radius 1 is 1.06 bits per heavy atom. The van der Waals surface area contributed by atoms with Gasteiger partial charge in [-0.15, -0.1) is 0 Å². The van der Waals surface area contributed by atoms with E-state index in [-0.39, 0.29) is 11.4 Å². The van der Waals surface area contributed by atoms with Crippen molar-refractivity contribution < 1.29 is 14.3 Å². The van der Waals surface area contributed by atoms with E-state index in [0.717, 1.165) is 12.8 Å². The Bertz CT molecular complexity index is 194. The number of rotatable bonds is 9. The maximum absolute atomic E-state index is 11.3. The molecule has 3 heteroatoms. The van der Waals surface area contributed by atoms with Gasteiger partial charge >= 0.3 is 5.97 Å². The summed E-state index contributed by atoms with van der Waals surface area (Å²) in [6.07, 6.45) is 4.98. The summed E-state index contributed by atoms with van der Waals surface area (Å²) < 4.78 is 10.5. The second-order valence-corrected chi connectivity index (χ2v) is 5.64. The number of carbonyl (C=O) groups excluding carboxylic acids is 1. The van der Waals surface area contributed by atoms with Gasteiger partial charge in [0.25, 0.3) is 0 Å². The minimum atomic E-state index is -0.0968. The molecule has 0 aliphatic heterocycles. The maximum Gasteiger partial charge on any atom is 0.305 e. The number of unbranched alkanes of at least 4 members (excludes halogenated alkanes) is 3. The van der Waals surface area contributed by atoms with Crippen molar-refractivity contribution in [2.45, 2.75) is 59.8 Å². The Morgan fingerprint density at radius 3 is 2.35 bits per heavy atom. The van der Waals surface area contributed by atoms with Gasteiger partial charge in [0, 0.05) is 6.42 Å². The van der Waals surface area contributed by atoms with E-state index in [9.17, 15) is 4.79 Å². The third kappa shape index (κ3) is 13.4. The Kier molecular flexibility index (Phi) is 9.14. The van der Waals surface area contributed by atoms with E-state index in [4.69, 9.17) is 9.47 Å². The number of hydrogen-bond acceptors (Lipinski definition) is 3. The van der Waals surface area contributed by atoms with Crippen LogP contribution in [0.2, 0.25) is 0 Å². The molecule has 0 rings (SSSR count). The van der Waals surface area contributed by atoms with Crippen molar-refractivity contribution in [1.29, 1.82) is 0 Å². The van der Waals surface area contributed by atoms with Crippen LogP contribution in [-0.4, -0.2) is 25.8 Å². The first-order valence-corrected chi connectivity index (χ1v) is 6.69. The van der Waals surface area contributed by atoms with E-state index >= 15 is 0 Å². The molecule has 3 nitrogen and oxygen atoms in total. The van der Waals surface area contributed by atoms with E-state index in [1.807, 2.05) is 0 Å². The van der Waals surface area contributed by atoms with Crippen molar-refractivity contribution in [1.82, 2.24) is 0 Å². The van der Waals surface area contributed by atoms with Crippen LogP contribution in [0.25, 0.3) is 0 Å². The molecule has 0 saturated heterocycles. The van der Waals surface area contributed by atoms with Gasteiger partial charge in [-0.3, -0.25) is 4.79 Å². The first kappa shape index (κ1) is 16.4. The molecule has 102 valence electrons. The molecular formula is C14H28O3. The smallest absolute Gasteiger partial charge is 0.305 e. The highest BCUT2D eigenvalue weighted by molar-refractivity contribution is 5.69. The van der Waals surface area contributed by atoms with Gasteiger partial charge in [0.15, 0.2) is 0 Å². The average Bonchev–Trinajstić information content (AvgIpc) is 2.22. The van der Waals surface area contributed by atoms with Crippen molar-refractivity contribution in [2.75, 3.05) is 19.8 Å². The topological polar surface area (TPSA) is 35.5 Å². The summed E-state index contributed by atoms with van der Waals surface area (Å²) in [6, 6.07) is 0. The SMILES string of the molecule is CCCCCCC(=O)OCCOCC(C)(C)C. The third-order valence-corrected chi connectivity index (χ3v) is 2.26. The van der Waals surface area contributed by atoms with Gasteiger partial charge in [-0.05, 0) is 11.8 Å². The average molecular weight is 244 g/mol. The standard InChI is InChI=1S/C14H28O3/c1-5-6-7-8-9-13(15)17-11-10-16-12-14(2,3)4/h5-12H2,1-4H3. The number of esters is 1. The molecule has 0 atom stereocenters. The summed E-state index contributed by atoms with van der Waals surface area (Å²) in [5.74, 6) is -0.0968. The highest BCUT2D eigenvalue weighted by Gasteiger charge is 2.09. The lowest BCUT2D eigenvalue weighted by atomic mass is 9.99. The molecule has 0 aromatic rings. The Labute approximate surface area is 106 Å². The molecule has 0 amide bonds. The minimum Gasteiger partial charge on any atom is -0.463 e. The van der Waals surface area contributed by atoms with Crippen LogP contribution in [0.4, 0.5) is 0 Å². The zero-order valence-corrected chi connectivity index (χ0v) is 11.9. The highest BCUT2D eigenvalue weighted by atomic mass is 16.6. The highest BCUT2D eigenvalue weighted by Crippen LogP contribution is 2.12. The van der Waals surface area contributed by atoms with Gasteiger partial charge < -0.3 is 9.47 Å². The van der Waals surface area contributed by atoms with E-state index in [2.05, 4.69) is 27.7 Å². The van der Waals surface area contributed by atoms with E-state index < -0.39 is 0 Å². The van der Waals surface area contributed by atoms with Crippen molar-refractivity contribution >= 4 is 5.97 Å². The predicted octanol–water partition coefficient (Wildman–Crippen LogP) is 3.56. The van der Waals surface area contributed by atoms with Crippen molar-refractivity contribution in [3.8, 4) is 0 Å². The van der Waals surface area contributed by atoms with Gasteiger partial charge in [-0.1, -0.05) is 47.0 Å². The second-order valence-electron chi connectivity index (χ2n) is 5.64. The lowest BCUT2D eigenvalue weighted by Crippen LogP contribution is -2.18. The Hall–Kier alpha value is -0.570. The molecular weight excluding hydrogens is 216 g/mol. The summed E-state index contributed by atoms with van der Waals surface area (Å²) in [4.78, 5) is 11.3. The van der Waals surface area contributed by atoms with E-state index in [0.29, 0.717) is 26.2 Å². The van der Waals surface area contributed by atoms with Crippen LogP contribution in [-0.2, 0) is 14.3 Å². The van der Waals surface area contributed by atoms with Crippen molar-refractivity contribution in [3.63, 3.8) is 0 Å². The molecule has 0 fully saturated rings. The lowest BCUT2D eigenvalue weighted by molar-refractivity contribution is -0.145. The van der Waals surface area contributed by atoms with Gasteiger partial charge in [0.2, 0.25) is 0 Å². The van der Waals surface area contributed by atoms with Gasteiger partial charge in [-0.2, -0.15) is 0 Å². The molecule has 0 heterocycles. The predicted molar refractivity (Wildman–Crippen MR) is 70.0 cm³/mol. The summed E-state index contributed by atoms with van der Waals surface area (Å²) >= 11 is 0. The lowest BCUT2D eigenvalue weighted by Gasteiger charge is -2.17. The van der Waals surface area contributed by atoms with Crippen LogP contribution in [0.5, 0.6) is 0 Å². The first-order valence-electron chi connectivity index (χ1n) is 6.69. The van der Waals surface area contributed by atoms with Crippen molar-refractivity contribution in [2.24, 2.45) is 5.41 Å². The summed E-state index contributed by atoms with van der Waals surface area (Å²) in [7, 11) is 0. The van der Waals surface area contributed by atoms with E-state index in [1.165, 1.54) is 12.8 Å². The fraction of sp³-hybridized carbons (Fsp3) is 0.929. The second kappa shape index (κ2) is 9.46. The minimum absolute atomic E-state index is 0.0968. The normalized spacial score (nSPS) is 11.5. The monoisotopic (exact) mass is 244 g/mol. The van der Waals surface area contributed by atoms with Crippen LogP contribution in [0.15, 0.2) is 0 Å². The summed E-state index contributed by atoms with van der Waals surface area (Å²) in [5.41, 5.74) is 0.171. The maximum atomic E-state index is 11.3. The molecule has 0 aliphatic carbocycles. The molecule has 0 radical (unpaired) electrons. The fourth-order valence-electron chi connectivity index (χ4n) is 1.36. The molecule has 17 heavy (non-hydrogen) atoms. The largest absolute Gasteiger partial charge is 0.463 e. The molecule has 0 saturated carbocycles. The van der Waals surface area contributed by atoms with Crippen LogP contribution in [0, 0.1) is 5.41 Å². The summed E-state index contributed by atoms with van der Waals surface area (Å²) in [6.45, 7) is 10.1. The van der Waals surface area contributed by atoms with Gasteiger partial charge in [-0.25, -0.2) is 0 Å². The first-order chi connectivity index (χ1) is 7.95. The Morgan fingerprint density at radius 2 is 1.76 bits per heavy atom. The van der Waals surface area contributed by atoms with E-state index in [1.54, 1.807) is 0 Å². The molecule has 0 unspecified atom stereocenters. The summed E-state index contributed by atoms with van der Waals surface area (Å²) in [5, 5.41) is 0. The van der Waals surface area contributed by atoms with Crippen LogP contribution in [0.3, 0.4) is 0 Å². The van der Waals surface area contributed by atoms with Crippen LogP contribution >= 0.6 is 0 Å². The molecule has 0 N–H and O–H groups in total. The van der Waals surface area contributed by atoms with Crippen molar-refractivity contribution in [3.05, 3.63) is 0 Å². The van der Waals surface area contributed by atoms with Crippen LogP contribution in [0.1, 0.15) is 59.8 Å².